The largest absolute Gasteiger partial charge is 0.416 e. The molecule has 0 radical (unpaired) electrons. The molecule has 3 rings (SSSR count). The number of hydrogen-bond acceptors (Lipinski definition) is 3. The van der Waals surface area contributed by atoms with Crippen molar-refractivity contribution in [2.24, 2.45) is 7.05 Å². The normalized spacial score (nSPS) is 16.1. The lowest BCUT2D eigenvalue weighted by Crippen LogP contribution is -2.38. The SMILES string of the molecule is Cn1ccnc1CN1CCCN(C(=S)Nc2cc(C(F)(F)F)ccc2Cl)CC1. The molecule has 152 valence electrons. The van der Waals surface area contributed by atoms with E-state index >= 15 is 0 Å². The highest BCUT2D eigenvalue weighted by molar-refractivity contribution is 7.80. The van der Waals surface area contributed by atoms with E-state index in [0.717, 1.165) is 50.6 Å². The van der Waals surface area contributed by atoms with Crippen molar-refractivity contribution in [1.82, 2.24) is 19.4 Å². The van der Waals surface area contributed by atoms with Crippen molar-refractivity contribution < 1.29 is 13.2 Å². The van der Waals surface area contributed by atoms with Crippen LogP contribution in [0.15, 0.2) is 30.6 Å². The summed E-state index contributed by atoms with van der Waals surface area (Å²) in [6.07, 6.45) is 0.147. The summed E-state index contributed by atoms with van der Waals surface area (Å²) in [5.41, 5.74) is -0.602. The lowest BCUT2D eigenvalue weighted by molar-refractivity contribution is -0.137. The van der Waals surface area contributed by atoms with Crippen molar-refractivity contribution in [2.75, 3.05) is 31.5 Å². The van der Waals surface area contributed by atoms with E-state index in [-0.39, 0.29) is 10.7 Å². The molecule has 1 aliphatic heterocycles. The third kappa shape index (κ3) is 5.15. The van der Waals surface area contributed by atoms with Crippen LogP contribution in [0.5, 0.6) is 0 Å². The number of aromatic nitrogens is 2. The topological polar surface area (TPSA) is 36.3 Å². The Morgan fingerprint density at radius 3 is 2.71 bits per heavy atom. The minimum atomic E-state index is -4.43. The van der Waals surface area contributed by atoms with E-state index < -0.39 is 11.7 Å². The van der Waals surface area contributed by atoms with Gasteiger partial charge in [-0.3, -0.25) is 4.90 Å². The van der Waals surface area contributed by atoms with Crippen LogP contribution in [-0.4, -0.2) is 50.6 Å². The number of alkyl halides is 3. The van der Waals surface area contributed by atoms with Gasteiger partial charge in [0, 0.05) is 45.6 Å². The minimum absolute atomic E-state index is 0.163. The van der Waals surface area contributed by atoms with Gasteiger partial charge < -0.3 is 14.8 Å². The van der Waals surface area contributed by atoms with Gasteiger partial charge in [-0.2, -0.15) is 13.2 Å². The van der Waals surface area contributed by atoms with Crippen LogP contribution in [0.3, 0.4) is 0 Å². The predicted octanol–water partition coefficient (Wildman–Crippen LogP) is 4.00. The first kappa shape index (κ1) is 20.9. The van der Waals surface area contributed by atoms with E-state index in [9.17, 15) is 13.2 Å². The monoisotopic (exact) mass is 431 g/mol. The lowest BCUT2D eigenvalue weighted by Gasteiger charge is -2.25. The molecular formula is C18H21ClF3N5S. The fraction of sp³-hybridized carbons (Fsp3) is 0.444. The first-order chi connectivity index (χ1) is 13.2. The first-order valence-electron chi connectivity index (χ1n) is 8.85. The third-order valence-electron chi connectivity index (χ3n) is 4.70. The fourth-order valence-corrected chi connectivity index (χ4v) is 3.53. The quantitative estimate of drug-likeness (QED) is 0.743. The predicted molar refractivity (Wildman–Crippen MR) is 107 cm³/mol. The molecular weight excluding hydrogens is 411 g/mol. The van der Waals surface area contributed by atoms with E-state index in [0.29, 0.717) is 11.7 Å². The molecule has 0 bridgehead atoms. The summed E-state index contributed by atoms with van der Waals surface area (Å²) in [5, 5.41) is 3.45. The van der Waals surface area contributed by atoms with Gasteiger partial charge in [0.2, 0.25) is 0 Å². The molecule has 1 aromatic carbocycles. The maximum atomic E-state index is 12.9. The molecule has 0 spiro atoms. The zero-order valence-corrected chi connectivity index (χ0v) is 16.9. The van der Waals surface area contributed by atoms with Gasteiger partial charge in [-0.25, -0.2) is 4.98 Å². The third-order valence-corrected chi connectivity index (χ3v) is 5.39. The molecule has 0 saturated carbocycles. The molecule has 10 heteroatoms. The Hall–Kier alpha value is -1.84. The van der Waals surface area contributed by atoms with Crippen LogP contribution >= 0.6 is 23.8 Å². The number of imidazole rings is 1. The minimum Gasteiger partial charge on any atom is -0.348 e. The summed E-state index contributed by atoms with van der Waals surface area (Å²) in [6.45, 7) is 3.82. The maximum Gasteiger partial charge on any atom is 0.416 e. The van der Waals surface area contributed by atoms with E-state index in [2.05, 4.69) is 15.2 Å². The molecule has 1 N–H and O–H groups in total. The van der Waals surface area contributed by atoms with Crippen LogP contribution in [0.2, 0.25) is 5.02 Å². The van der Waals surface area contributed by atoms with Crippen molar-refractivity contribution in [3.05, 3.63) is 47.0 Å². The lowest BCUT2D eigenvalue weighted by atomic mass is 10.2. The second-order valence-electron chi connectivity index (χ2n) is 6.69. The van der Waals surface area contributed by atoms with Crippen LogP contribution in [0.1, 0.15) is 17.8 Å². The second kappa shape index (κ2) is 8.67. The van der Waals surface area contributed by atoms with Crippen molar-refractivity contribution in [3.8, 4) is 0 Å². The number of anilines is 1. The van der Waals surface area contributed by atoms with Crippen molar-refractivity contribution >= 4 is 34.6 Å². The van der Waals surface area contributed by atoms with E-state index in [4.69, 9.17) is 23.8 Å². The number of benzene rings is 1. The zero-order chi connectivity index (χ0) is 20.3. The van der Waals surface area contributed by atoms with Crippen molar-refractivity contribution in [3.63, 3.8) is 0 Å². The fourth-order valence-electron chi connectivity index (χ4n) is 3.07. The Balaban J connectivity index is 1.62. The Kier molecular flexibility index (Phi) is 6.47. The van der Waals surface area contributed by atoms with Gasteiger partial charge in [0.15, 0.2) is 5.11 Å². The molecule has 0 aliphatic carbocycles. The summed E-state index contributed by atoms with van der Waals surface area (Å²) in [5.74, 6) is 0.991. The highest BCUT2D eigenvalue weighted by Gasteiger charge is 2.31. The van der Waals surface area contributed by atoms with Gasteiger partial charge in [0.05, 0.1) is 22.8 Å². The maximum absolute atomic E-state index is 12.9. The molecule has 1 aromatic heterocycles. The van der Waals surface area contributed by atoms with Crippen LogP contribution in [0, 0.1) is 0 Å². The molecule has 1 fully saturated rings. The molecule has 0 atom stereocenters. The summed E-state index contributed by atoms with van der Waals surface area (Å²) in [6, 6.07) is 3.17. The molecule has 2 aromatic rings. The Labute approximate surface area is 172 Å². The number of aryl methyl sites for hydroxylation is 1. The van der Waals surface area contributed by atoms with Crippen molar-refractivity contribution in [2.45, 2.75) is 19.1 Å². The van der Waals surface area contributed by atoms with Crippen molar-refractivity contribution in [1.29, 1.82) is 0 Å². The van der Waals surface area contributed by atoms with Crippen LogP contribution in [-0.2, 0) is 19.8 Å². The number of hydrogen-bond donors (Lipinski definition) is 1. The zero-order valence-electron chi connectivity index (χ0n) is 15.3. The standard InChI is InChI=1S/C18H21ClF3N5S/c1-25-8-5-23-16(25)12-26-6-2-7-27(10-9-26)17(28)24-15-11-13(18(20,21)22)3-4-14(15)19/h3-5,8,11H,2,6-7,9-10,12H2,1H3,(H,24,28). The van der Waals surface area contributed by atoms with Gasteiger partial charge in [-0.15, -0.1) is 0 Å². The van der Waals surface area contributed by atoms with Gasteiger partial charge in [0.25, 0.3) is 0 Å². The van der Waals surface area contributed by atoms with Gasteiger partial charge in [-0.05, 0) is 36.8 Å². The molecule has 1 saturated heterocycles. The highest BCUT2D eigenvalue weighted by Crippen LogP contribution is 2.34. The summed E-state index contributed by atoms with van der Waals surface area (Å²) >= 11 is 11.5. The number of nitrogens with zero attached hydrogens (tertiary/aromatic N) is 4. The Morgan fingerprint density at radius 2 is 2.04 bits per heavy atom. The molecule has 0 unspecified atom stereocenters. The average Bonchev–Trinajstić information content (AvgIpc) is 2.89. The van der Waals surface area contributed by atoms with E-state index in [1.807, 2.05) is 22.7 Å². The molecule has 2 heterocycles. The van der Waals surface area contributed by atoms with Crippen LogP contribution in [0.4, 0.5) is 18.9 Å². The van der Waals surface area contributed by atoms with Crippen LogP contribution in [0.25, 0.3) is 0 Å². The number of nitrogens with one attached hydrogen (secondary N) is 1. The molecule has 0 amide bonds. The number of rotatable bonds is 3. The Morgan fingerprint density at radius 1 is 1.25 bits per heavy atom. The summed E-state index contributed by atoms with van der Waals surface area (Å²) in [7, 11) is 1.96. The van der Waals surface area contributed by atoms with Gasteiger partial charge in [-0.1, -0.05) is 11.6 Å². The first-order valence-corrected chi connectivity index (χ1v) is 9.64. The smallest absolute Gasteiger partial charge is 0.348 e. The second-order valence-corrected chi connectivity index (χ2v) is 7.49. The molecule has 1 aliphatic rings. The van der Waals surface area contributed by atoms with E-state index in [1.165, 1.54) is 6.07 Å². The average molecular weight is 432 g/mol. The van der Waals surface area contributed by atoms with E-state index in [1.54, 1.807) is 6.20 Å². The molecule has 28 heavy (non-hydrogen) atoms. The van der Waals surface area contributed by atoms with Gasteiger partial charge >= 0.3 is 6.18 Å². The van der Waals surface area contributed by atoms with Crippen LogP contribution < -0.4 is 5.32 Å². The number of thiocarbonyl (C=S) groups is 1. The summed E-state index contributed by atoms with van der Waals surface area (Å²) in [4.78, 5) is 8.61. The number of halogens is 4. The summed E-state index contributed by atoms with van der Waals surface area (Å²) < 4.78 is 40.8. The Bertz CT molecular complexity index is 839. The highest BCUT2D eigenvalue weighted by atomic mass is 35.5. The molecule has 5 nitrogen and oxygen atoms in total. The van der Waals surface area contributed by atoms with Gasteiger partial charge in [0.1, 0.15) is 5.82 Å².